The molecule has 1 heterocycles. The van der Waals surface area contributed by atoms with Gasteiger partial charge in [0.2, 0.25) is 5.91 Å². The molecule has 7 nitrogen and oxygen atoms in total. The van der Waals surface area contributed by atoms with Gasteiger partial charge in [0.1, 0.15) is 0 Å². The van der Waals surface area contributed by atoms with Crippen LogP contribution >= 0.6 is 0 Å². The van der Waals surface area contributed by atoms with Gasteiger partial charge < -0.3 is 15.6 Å². The number of amides is 1. The summed E-state index contributed by atoms with van der Waals surface area (Å²) in [7, 11) is 0. The van der Waals surface area contributed by atoms with Crippen molar-refractivity contribution in [1.29, 1.82) is 0 Å². The summed E-state index contributed by atoms with van der Waals surface area (Å²) in [6.07, 6.45) is 4.06. The average Bonchev–Trinajstić information content (AvgIpc) is 2.64. The fraction of sp³-hybridized carbons (Fsp3) is 0. The summed E-state index contributed by atoms with van der Waals surface area (Å²) in [5, 5.41) is 7.60. The third-order valence-electron chi connectivity index (χ3n) is 0.932. The molecule has 0 atom stereocenters. The van der Waals surface area contributed by atoms with Crippen LogP contribution in [0.25, 0.3) is 0 Å². The van der Waals surface area contributed by atoms with Crippen LogP contribution in [0, 0.1) is 0 Å². The minimum absolute atomic E-state index is 0.481. The van der Waals surface area contributed by atoms with Gasteiger partial charge in [-0.05, 0) is 6.08 Å². The number of rotatable bonds is 2. The van der Waals surface area contributed by atoms with E-state index in [1.807, 2.05) is 0 Å². The van der Waals surface area contributed by atoms with Crippen LogP contribution in [0.5, 0.6) is 0 Å². The van der Waals surface area contributed by atoms with Gasteiger partial charge in [0.15, 0.2) is 0 Å². The topological polar surface area (TPSA) is 124 Å². The molecule has 0 radical (unpaired) electrons. The minimum Gasteiger partial charge on any atom is -0.478 e. The highest BCUT2D eigenvalue weighted by atomic mass is 16.6. The van der Waals surface area contributed by atoms with Gasteiger partial charge in [-0.2, -0.15) is 0 Å². The first-order valence-corrected chi connectivity index (χ1v) is 4.04. The summed E-state index contributed by atoms with van der Waals surface area (Å²) in [6.45, 7) is 6.05. The second kappa shape index (κ2) is 9.84. The number of hydrogen-bond donors (Lipinski definition) is 2. The van der Waals surface area contributed by atoms with E-state index in [1.165, 1.54) is 0 Å². The third kappa shape index (κ3) is 16.0. The second-order valence-electron chi connectivity index (χ2n) is 2.22. The Bertz CT molecular complexity index is 335. The van der Waals surface area contributed by atoms with Gasteiger partial charge in [-0.15, -0.1) is 0 Å². The van der Waals surface area contributed by atoms with Gasteiger partial charge in [0.05, 0.1) is 0 Å². The Hall–Kier alpha value is -2.70. The molecule has 1 aliphatic rings. The number of primary amides is 1. The van der Waals surface area contributed by atoms with E-state index in [1.54, 1.807) is 0 Å². The quantitative estimate of drug-likeness (QED) is 0.383. The third-order valence-corrected chi connectivity index (χ3v) is 0.932. The SMILES string of the molecule is C=CC(=O)O.C=CC(N)=O.O=C1C=CC(=O)O1. The van der Waals surface area contributed by atoms with Gasteiger partial charge in [0.25, 0.3) is 0 Å². The van der Waals surface area contributed by atoms with Crippen LogP contribution in [0.3, 0.4) is 0 Å². The van der Waals surface area contributed by atoms with Crippen molar-refractivity contribution in [3.63, 3.8) is 0 Å². The molecule has 92 valence electrons. The fourth-order valence-corrected chi connectivity index (χ4v) is 0.303. The Morgan fingerprint density at radius 3 is 1.53 bits per heavy atom. The number of carboxylic acid groups (broad SMARTS) is 1. The molecule has 0 aromatic heterocycles. The van der Waals surface area contributed by atoms with E-state index in [4.69, 9.17) is 5.11 Å². The van der Waals surface area contributed by atoms with Crippen molar-refractivity contribution in [1.82, 2.24) is 0 Å². The van der Waals surface area contributed by atoms with Gasteiger partial charge >= 0.3 is 17.9 Å². The molecular weight excluding hydrogens is 230 g/mol. The van der Waals surface area contributed by atoms with E-state index >= 15 is 0 Å². The lowest BCUT2D eigenvalue weighted by atomic mass is 10.6. The monoisotopic (exact) mass is 241 g/mol. The Balaban J connectivity index is 0. The van der Waals surface area contributed by atoms with Crippen LogP contribution in [0.15, 0.2) is 37.5 Å². The molecule has 1 amide bonds. The van der Waals surface area contributed by atoms with E-state index in [0.29, 0.717) is 0 Å². The van der Waals surface area contributed by atoms with Crippen LogP contribution in [-0.2, 0) is 23.9 Å². The molecule has 0 saturated heterocycles. The first kappa shape index (κ1) is 16.7. The smallest absolute Gasteiger partial charge is 0.338 e. The molecule has 0 aliphatic carbocycles. The predicted molar refractivity (Wildman–Crippen MR) is 57.5 cm³/mol. The first-order chi connectivity index (χ1) is 7.83. The van der Waals surface area contributed by atoms with Crippen molar-refractivity contribution in [2.75, 3.05) is 0 Å². The lowest BCUT2D eigenvalue weighted by Gasteiger charge is -1.80. The molecule has 0 saturated carbocycles. The molecule has 3 N–H and O–H groups in total. The zero-order valence-electron chi connectivity index (χ0n) is 8.79. The maximum absolute atomic E-state index is 9.92. The molecule has 1 aliphatic heterocycles. The molecule has 0 aromatic carbocycles. The first-order valence-electron chi connectivity index (χ1n) is 4.04. The minimum atomic E-state index is -0.981. The van der Waals surface area contributed by atoms with Crippen molar-refractivity contribution in [2.45, 2.75) is 0 Å². The van der Waals surface area contributed by atoms with Crippen LogP contribution in [-0.4, -0.2) is 28.9 Å². The number of aliphatic carboxylic acids is 1. The summed E-state index contributed by atoms with van der Waals surface area (Å²) < 4.78 is 3.97. The van der Waals surface area contributed by atoms with Crippen LogP contribution < -0.4 is 5.73 Å². The number of hydrogen-bond acceptors (Lipinski definition) is 5. The molecule has 0 aromatic rings. The van der Waals surface area contributed by atoms with E-state index in [9.17, 15) is 19.2 Å². The van der Waals surface area contributed by atoms with Gasteiger partial charge in [0, 0.05) is 18.2 Å². The Labute approximate surface area is 96.9 Å². The van der Waals surface area contributed by atoms with Gasteiger partial charge in [-0.3, -0.25) is 4.79 Å². The highest BCUT2D eigenvalue weighted by Gasteiger charge is 2.10. The molecule has 17 heavy (non-hydrogen) atoms. The van der Waals surface area contributed by atoms with Gasteiger partial charge in [-0.25, -0.2) is 14.4 Å². The van der Waals surface area contributed by atoms with E-state index in [-0.39, 0.29) is 0 Å². The number of carboxylic acids is 1. The Kier molecular flexibility index (Phi) is 9.68. The number of carbonyl (C=O) groups excluding carboxylic acids is 3. The lowest BCUT2D eigenvalue weighted by molar-refractivity contribution is -0.150. The van der Waals surface area contributed by atoms with E-state index in [2.05, 4.69) is 23.6 Å². The number of carbonyl (C=O) groups is 4. The van der Waals surface area contributed by atoms with Crippen LogP contribution in [0.2, 0.25) is 0 Å². The maximum atomic E-state index is 9.92. The normalized spacial score (nSPS) is 11.1. The van der Waals surface area contributed by atoms with Crippen LogP contribution in [0.1, 0.15) is 0 Å². The molecule has 1 rings (SSSR count). The second-order valence-corrected chi connectivity index (χ2v) is 2.22. The number of esters is 2. The molecule has 0 fully saturated rings. The number of cyclic esters (lactones) is 2. The Morgan fingerprint density at radius 1 is 1.18 bits per heavy atom. The summed E-state index contributed by atoms with van der Waals surface area (Å²) >= 11 is 0. The van der Waals surface area contributed by atoms with Crippen molar-refractivity contribution >= 4 is 23.8 Å². The molecular formula is C10H11NO6. The average molecular weight is 241 g/mol. The van der Waals surface area contributed by atoms with Crippen molar-refractivity contribution < 1.29 is 29.0 Å². The largest absolute Gasteiger partial charge is 0.478 e. The van der Waals surface area contributed by atoms with Crippen molar-refractivity contribution in [2.24, 2.45) is 5.73 Å². The number of nitrogens with two attached hydrogens (primary N) is 1. The zero-order chi connectivity index (χ0) is 13.8. The van der Waals surface area contributed by atoms with E-state index in [0.717, 1.165) is 24.3 Å². The van der Waals surface area contributed by atoms with Crippen molar-refractivity contribution in [3.8, 4) is 0 Å². The summed E-state index contributed by atoms with van der Waals surface area (Å²) in [4.78, 5) is 38.6. The maximum Gasteiger partial charge on any atom is 0.338 e. The lowest BCUT2D eigenvalue weighted by Crippen LogP contribution is -2.04. The van der Waals surface area contributed by atoms with Crippen LogP contribution in [0.4, 0.5) is 0 Å². The fourth-order valence-electron chi connectivity index (χ4n) is 0.303. The highest BCUT2D eigenvalue weighted by molar-refractivity contribution is 6.04. The summed E-state index contributed by atoms with van der Waals surface area (Å²) in [5.41, 5.74) is 4.53. The molecule has 0 spiro atoms. The Morgan fingerprint density at radius 2 is 1.47 bits per heavy atom. The molecule has 0 bridgehead atoms. The van der Waals surface area contributed by atoms with Gasteiger partial charge in [-0.1, -0.05) is 13.2 Å². The standard InChI is InChI=1S/C4H2O3.C3H5NO.C3H4O2/c5-3-1-2-4(6)7-3;2*1-2-3(4)5/h1-2H;2H,1H2,(H2,4,5);2H,1H2,(H,4,5). The highest BCUT2D eigenvalue weighted by Crippen LogP contribution is 1.92. The summed E-state index contributed by atoms with van der Waals surface area (Å²) in [5.74, 6) is -2.62. The predicted octanol–water partition coefficient (Wildman–Crippen LogP) is -0.459. The number of ether oxygens (including phenoxy) is 1. The summed E-state index contributed by atoms with van der Waals surface area (Å²) in [6, 6.07) is 0. The zero-order valence-corrected chi connectivity index (χ0v) is 8.79. The molecule has 0 unspecified atom stereocenters. The van der Waals surface area contributed by atoms with E-state index < -0.39 is 23.8 Å². The van der Waals surface area contributed by atoms with Crippen molar-refractivity contribution in [3.05, 3.63) is 37.5 Å². The molecule has 7 heteroatoms.